The number of aryl methyl sites for hydroxylation is 2. The van der Waals surface area contributed by atoms with E-state index in [0.717, 1.165) is 38.2 Å². The Morgan fingerprint density at radius 3 is 2.60 bits per heavy atom. The van der Waals surface area contributed by atoms with Gasteiger partial charge >= 0.3 is 0 Å². The van der Waals surface area contributed by atoms with Crippen LogP contribution in [0.5, 0.6) is 5.75 Å². The van der Waals surface area contributed by atoms with Crippen LogP contribution in [0.15, 0.2) is 27.1 Å². The van der Waals surface area contributed by atoms with Crippen LogP contribution in [0.3, 0.4) is 0 Å². The first-order chi connectivity index (χ1) is 9.55. The number of hydrogen-bond acceptors (Lipinski definition) is 3. The monoisotopic (exact) mass is 401 g/mol. The lowest BCUT2D eigenvalue weighted by Gasteiger charge is -2.12. The van der Waals surface area contributed by atoms with E-state index in [2.05, 4.69) is 55.3 Å². The molecule has 0 atom stereocenters. The molecule has 0 spiro atoms. The molecule has 0 unspecified atom stereocenters. The average molecular weight is 403 g/mol. The molecule has 0 bridgehead atoms. The summed E-state index contributed by atoms with van der Waals surface area (Å²) in [5.41, 5.74) is 3.25. The van der Waals surface area contributed by atoms with Gasteiger partial charge in [-0.05, 0) is 50.4 Å². The lowest BCUT2D eigenvalue weighted by atomic mass is 10.2. The standard InChI is InChI=1S/C14H17Br2N3O/c1-4-9-5-10(19(2)18-9)8-17-13-7-14(20-3)12(16)6-11(13)15/h5-7,17H,4,8H2,1-3H3. The number of rotatable bonds is 5. The van der Waals surface area contributed by atoms with Crippen molar-refractivity contribution < 1.29 is 4.74 Å². The van der Waals surface area contributed by atoms with E-state index >= 15 is 0 Å². The third-order valence-corrected chi connectivity index (χ3v) is 4.37. The minimum absolute atomic E-state index is 0.715. The van der Waals surface area contributed by atoms with Gasteiger partial charge in [0.05, 0.1) is 35.2 Å². The van der Waals surface area contributed by atoms with Gasteiger partial charge in [0.15, 0.2) is 0 Å². The molecule has 1 aromatic carbocycles. The van der Waals surface area contributed by atoms with Gasteiger partial charge in [0.25, 0.3) is 0 Å². The Morgan fingerprint density at radius 2 is 2.00 bits per heavy atom. The highest BCUT2D eigenvalue weighted by Gasteiger charge is 2.08. The molecule has 0 fully saturated rings. The molecule has 0 aliphatic carbocycles. The SMILES string of the molecule is CCc1cc(CNc2cc(OC)c(Br)cc2Br)n(C)n1. The van der Waals surface area contributed by atoms with Crippen molar-refractivity contribution in [3.8, 4) is 5.75 Å². The van der Waals surface area contributed by atoms with Crippen molar-refractivity contribution in [3.05, 3.63) is 38.5 Å². The molecule has 1 heterocycles. The molecule has 6 heteroatoms. The Labute approximate surface area is 135 Å². The normalized spacial score (nSPS) is 10.7. The van der Waals surface area contributed by atoms with Crippen LogP contribution in [0.2, 0.25) is 0 Å². The molecule has 4 nitrogen and oxygen atoms in total. The molecular formula is C14H17Br2N3O. The number of aromatic nitrogens is 2. The molecule has 2 rings (SSSR count). The summed E-state index contributed by atoms with van der Waals surface area (Å²) in [6.45, 7) is 2.82. The highest BCUT2D eigenvalue weighted by molar-refractivity contribution is 9.11. The van der Waals surface area contributed by atoms with Crippen molar-refractivity contribution in [3.63, 3.8) is 0 Å². The van der Waals surface area contributed by atoms with Crippen molar-refractivity contribution in [2.75, 3.05) is 12.4 Å². The minimum atomic E-state index is 0.715. The Hall–Kier alpha value is -1.01. The van der Waals surface area contributed by atoms with Crippen molar-refractivity contribution >= 4 is 37.5 Å². The maximum absolute atomic E-state index is 5.31. The Balaban J connectivity index is 2.16. The molecule has 1 N–H and O–H groups in total. The second-order valence-corrected chi connectivity index (χ2v) is 6.13. The zero-order valence-corrected chi connectivity index (χ0v) is 14.9. The molecule has 0 saturated heterocycles. The van der Waals surface area contributed by atoms with Gasteiger partial charge in [0.1, 0.15) is 5.75 Å². The van der Waals surface area contributed by atoms with Gasteiger partial charge < -0.3 is 10.1 Å². The molecular weight excluding hydrogens is 386 g/mol. The summed E-state index contributed by atoms with van der Waals surface area (Å²) < 4.78 is 9.14. The Morgan fingerprint density at radius 1 is 1.25 bits per heavy atom. The highest BCUT2D eigenvalue weighted by Crippen LogP contribution is 2.34. The lowest BCUT2D eigenvalue weighted by Crippen LogP contribution is -2.06. The fourth-order valence-corrected chi connectivity index (χ4v) is 3.21. The lowest BCUT2D eigenvalue weighted by molar-refractivity contribution is 0.412. The number of halogens is 2. The predicted molar refractivity (Wildman–Crippen MR) is 88.3 cm³/mol. The van der Waals surface area contributed by atoms with Crippen LogP contribution in [-0.2, 0) is 20.0 Å². The second kappa shape index (κ2) is 6.63. The molecule has 2 aromatic rings. The topological polar surface area (TPSA) is 39.1 Å². The molecule has 20 heavy (non-hydrogen) atoms. The molecule has 0 amide bonds. The van der Waals surface area contributed by atoms with Crippen molar-refractivity contribution in [2.45, 2.75) is 19.9 Å². The first kappa shape index (κ1) is 15.4. The van der Waals surface area contributed by atoms with E-state index in [0.29, 0.717) is 6.54 Å². The number of nitrogens with zero attached hydrogens (tertiary/aromatic N) is 2. The molecule has 0 aliphatic heterocycles. The van der Waals surface area contributed by atoms with Gasteiger partial charge in [0.2, 0.25) is 0 Å². The molecule has 0 saturated carbocycles. The Kier molecular flexibility index (Phi) is 5.10. The predicted octanol–water partition coefficient (Wildman–Crippen LogP) is 4.13. The molecule has 0 radical (unpaired) electrons. The summed E-state index contributed by atoms with van der Waals surface area (Å²) in [6.07, 6.45) is 0.948. The van der Waals surface area contributed by atoms with Gasteiger partial charge in [-0.3, -0.25) is 4.68 Å². The number of anilines is 1. The third-order valence-electron chi connectivity index (χ3n) is 3.09. The van der Waals surface area contributed by atoms with Crippen LogP contribution in [0.4, 0.5) is 5.69 Å². The van der Waals surface area contributed by atoms with Crippen LogP contribution in [0, 0.1) is 0 Å². The van der Waals surface area contributed by atoms with E-state index in [1.54, 1.807) is 7.11 Å². The second-order valence-electron chi connectivity index (χ2n) is 4.42. The first-order valence-corrected chi connectivity index (χ1v) is 7.92. The zero-order chi connectivity index (χ0) is 14.7. The van der Waals surface area contributed by atoms with Crippen LogP contribution < -0.4 is 10.1 Å². The number of nitrogens with one attached hydrogen (secondary N) is 1. The zero-order valence-electron chi connectivity index (χ0n) is 11.7. The van der Waals surface area contributed by atoms with Crippen LogP contribution in [-0.4, -0.2) is 16.9 Å². The smallest absolute Gasteiger partial charge is 0.135 e. The number of methoxy groups -OCH3 is 1. The van der Waals surface area contributed by atoms with Crippen LogP contribution in [0.1, 0.15) is 18.3 Å². The highest BCUT2D eigenvalue weighted by atomic mass is 79.9. The van der Waals surface area contributed by atoms with E-state index in [9.17, 15) is 0 Å². The maximum atomic E-state index is 5.31. The summed E-state index contributed by atoms with van der Waals surface area (Å²) in [5, 5.41) is 7.85. The van der Waals surface area contributed by atoms with Gasteiger partial charge in [0, 0.05) is 17.6 Å². The first-order valence-electron chi connectivity index (χ1n) is 6.33. The Bertz CT molecular complexity index is 611. The summed E-state index contributed by atoms with van der Waals surface area (Å²) in [4.78, 5) is 0. The minimum Gasteiger partial charge on any atom is -0.495 e. The maximum Gasteiger partial charge on any atom is 0.135 e. The van der Waals surface area contributed by atoms with Crippen molar-refractivity contribution in [1.29, 1.82) is 0 Å². The summed E-state index contributed by atoms with van der Waals surface area (Å²) in [7, 11) is 3.62. The van der Waals surface area contributed by atoms with Crippen molar-refractivity contribution in [2.24, 2.45) is 7.05 Å². The fourth-order valence-electron chi connectivity index (χ4n) is 1.92. The summed E-state index contributed by atoms with van der Waals surface area (Å²) in [5.74, 6) is 0.801. The van der Waals surface area contributed by atoms with Gasteiger partial charge in [-0.25, -0.2) is 0 Å². The van der Waals surface area contributed by atoms with E-state index in [-0.39, 0.29) is 0 Å². The van der Waals surface area contributed by atoms with E-state index in [4.69, 9.17) is 4.74 Å². The summed E-state index contributed by atoms with van der Waals surface area (Å²) >= 11 is 7.02. The van der Waals surface area contributed by atoms with Crippen molar-refractivity contribution in [1.82, 2.24) is 9.78 Å². The molecule has 1 aromatic heterocycles. The molecule has 0 aliphatic rings. The van der Waals surface area contributed by atoms with E-state index in [1.165, 1.54) is 0 Å². The third kappa shape index (κ3) is 3.35. The number of benzene rings is 1. The van der Waals surface area contributed by atoms with E-state index in [1.807, 2.05) is 23.9 Å². The quantitative estimate of drug-likeness (QED) is 0.817. The number of hydrogen-bond donors (Lipinski definition) is 1. The van der Waals surface area contributed by atoms with E-state index < -0.39 is 0 Å². The fraction of sp³-hybridized carbons (Fsp3) is 0.357. The summed E-state index contributed by atoms with van der Waals surface area (Å²) in [6, 6.07) is 6.06. The average Bonchev–Trinajstić information content (AvgIpc) is 2.78. The van der Waals surface area contributed by atoms with Crippen LogP contribution in [0.25, 0.3) is 0 Å². The van der Waals surface area contributed by atoms with Crippen LogP contribution >= 0.6 is 31.9 Å². The van der Waals surface area contributed by atoms with Gasteiger partial charge in [-0.1, -0.05) is 6.92 Å². The number of ether oxygens (including phenoxy) is 1. The molecule has 108 valence electrons. The van der Waals surface area contributed by atoms with Gasteiger partial charge in [-0.2, -0.15) is 5.10 Å². The van der Waals surface area contributed by atoms with Gasteiger partial charge in [-0.15, -0.1) is 0 Å². The largest absolute Gasteiger partial charge is 0.495 e.